The molecule has 180 valence electrons. The molecule has 1 atom stereocenters. The number of carbonyl (C=O) groups is 2. The van der Waals surface area contributed by atoms with Crippen LogP contribution in [-0.4, -0.2) is 30.7 Å². The predicted molar refractivity (Wildman–Crippen MR) is 149 cm³/mol. The standard InChI is InChI=1S/C31H28NO3P/c1-2-23-35-31(34)29(32-30(33)25-15-7-3-8-16-25)24-36(26-17-9-4-10-18-26,27-19-11-5-12-20-27)28-21-13-6-14-22-28/h2-22,29H,1,23-24H2/p+1/t29-/m0/s1. The highest BCUT2D eigenvalue weighted by molar-refractivity contribution is 7.95. The number of benzene rings is 4. The monoisotopic (exact) mass is 494 g/mol. The van der Waals surface area contributed by atoms with E-state index in [1.807, 2.05) is 60.7 Å². The number of hydrogen-bond acceptors (Lipinski definition) is 3. The van der Waals surface area contributed by atoms with Gasteiger partial charge in [0.05, 0.1) is 0 Å². The fourth-order valence-electron chi connectivity index (χ4n) is 4.34. The maximum atomic E-state index is 13.4. The topological polar surface area (TPSA) is 55.4 Å². The summed E-state index contributed by atoms with van der Waals surface area (Å²) in [6.45, 7) is 3.73. The number of amides is 1. The van der Waals surface area contributed by atoms with Crippen LogP contribution in [-0.2, 0) is 9.53 Å². The van der Waals surface area contributed by atoms with E-state index >= 15 is 0 Å². The summed E-state index contributed by atoms with van der Waals surface area (Å²) in [5, 5.41) is 6.36. The first-order chi connectivity index (χ1) is 17.6. The van der Waals surface area contributed by atoms with Gasteiger partial charge in [-0.05, 0) is 48.5 Å². The van der Waals surface area contributed by atoms with E-state index < -0.39 is 19.3 Å². The van der Waals surface area contributed by atoms with Gasteiger partial charge in [0, 0.05) is 5.56 Å². The lowest BCUT2D eigenvalue weighted by Crippen LogP contribution is -2.48. The van der Waals surface area contributed by atoms with Crippen molar-refractivity contribution in [3.8, 4) is 0 Å². The van der Waals surface area contributed by atoms with Crippen LogP contribution in [0.2, 0.25) is 0 Å². The molecule has 0 bridgehead atoms. The number of rotatable bonds is 10. The lowest BCUT2D eigenvalue weighted by Gasteiger charge is -2.30. The van der Waals surface area contributed by atoms with Gasteiger partial charge in [0.1, 0.15) is 35.9 Å². The number of carbonyl (C=O) groups excluding carboxylic acids is 2. The minimum Gasteiger partial charge on any atom is -0.460 e. The summed E-state index contributed by atoms with van der Waals surface area (Å²) in [7, 11) is -2.38. The molecule has 0 spiro atoms. The quantitative estimate of drug-likeness (QED) is 0.201. The normalized spacial score (nSPS) is 11.8. The van der Waals surface area contributed by atoms with E-state index in [0.717, 1.165) is 15.9 Å². The second-order valence-electron chi connectivity index (χ2n) is 8.31. The van der Waals surface area contributed by atoms with Crippen molar-refractivity contribution in [2.75, 3.05) is 12.8 Å². The Hall–Kier alpha value is -4.01. The number of ether oxygens (including phenoxy) is 1. The Morgan fingerprint density at radius 2 is 1.14 bits per heavy atom. The molecule has 0 aromatic heterocycles. The fourth-order valence-corrected chi connectivity index (χ4v) is 8.69. The first-order valence-electron chi connectivity index (χ1n) is 11.8. The third-order valence-corrected chi connectivity index (χ3v) is 10.5. The van der Waals surface area contributed by atoms with Crippen molar-refractivity contribution in [2.24, 2.45) is 0 Å². The molecule has 5 heteroatoms. The van der Waals surface area contributed by atoms with Crippen molar-refractivity contribution in [3.63, 3.8) is 0 Å². The molecule has 0 saturated carbocycles. The van der Waals surface area contributed by atoms with E-state index in [4.69, 9.17) is 4.74 Å². The average Bonchev–Trinajstić information content (AvgIpc) is 2.95. The van der Waals surface area contributed by atoms with Crippen LogP contribution >= 0.6 is 7.26 Å². The van der Waals surface area contributed by atoms with E-state index in [1.165, 1.54) is 6.08 Å². The Kier molecular flexibility index (Phi) is 8.44. The van der Waals surface area contributed by atoms with Crippen LogP contribution in [0.15, 0.2) is 134 Å². The first-order valence-corrected chi connectivity index (χ1v) is 13.8. The second kappa shape index (κ2) is 12.1. The van der Waals surface area contributed by atoms with Gasteiger partial charge >= 0.3 is 5.97 Å². The Bertz CT molecular complexity index is 1180. The van der Waals surface area contributed by atoms with Gasteiger partial charge in [0.15, 0.2) is 6.04 Å². The third-order valence-electron chi connectivity index (χ3n) is 6.02. The van der Waals surface area contributed by atoms with E-state index in [-0.39, 0.29) is 12.5 Å². The van der Waals surface area contributed by atoms with Crippen molar-refractivity contribution in [1.82, 2.24) is 5.32 Å². The summed E-state index contributed by atoms with van der Waals surface area (Å²) in [5.41, 5.74) is 0.488. The molecule has 4 nitrogen and oxygen atoms in total. The molecule has 0 unspecified atom stereocenters. The van der Waals surface area contributed by atoms with Crippen LogP contribution in [0.5, 0.6) is 0 Å². The molecule has 0 aliphatic heterocycles. The van der Waals surface area contributed by atoms with Gasteiger partial charge in [-0.1, -0.05) is 85.5 Å². The maximum Gasteiger partial charge on any atom is 0.332 e. The SMILES string of the molecule is C=CCOC(=O)[C@H](C[P+](c1ccccc1)(c1ccccc1)c1ccccc1)NC(=O)c1ccccc1. The van der Waals surface area contributed by atoms with Gasteiger partial charge in [0.2, 0.25) is 0 Å². The summed E-state index contributed by atoms with van der Waals surface area (Å²) < 4.78 is 5.49. The lowest BCUT2D eigenvalue weighted by atomic mass is 10.2. The van der Waals surface area contributed by atoms with E-state index in [2.05, 4.69) is 48.3 Å². The highest BCUT2D eigenvalue weighted by Crippen LogP contribution is 2.55. The largest absolute Gasteiger partial charge is 0.460 e. The minimum atomic E-state index is -2.38. The summed E-state index contributed by atoms with van der Waals surface area (Å²) in [5.74, 6) is -0.796. The molecular weight excluding hydrogens is 465 g/mol. The Morgan fingerprint density at radius 1 is 0.722 bits per heavy atom. The molecule has 1 N–H and O–H groups in total. The van der Waals surface area contributed by atoms with E-state index in [0.29, 0.717) is 11.7 Å². The molecule has 0 radical (unpaired) electrons. The van der Waals surface area contributed by atoms with Gasteiger partial charge in [-0.3, -0.25) is 4.79 Å². The molecule has 0 aliphatic carbocycles. The molecule has 36 heavy (non-hydrogen) atoms. The van der Waals surface area contributed by atoms with E-state index in [9.17, 15) is 9.59 Å². The Labute approximate surface area is 213 Å². The number of hydrogen-bond donors (Lipinski definition) is 1. The Balaban J connectivity index is 1.86. The molecule has 4 rings (SSSR count). The zero-order valence-corrected chi connectivity index (χ0v) is 20.9. The highest BCUT2D eigenvalue weighted by Gasteiger charge is 2.49. The maximum absolute atomic E-state index is 13.4. The van der Waals surface area contributed by atoms with Gasteiger partial charge in [-0.25, -0.2) is 4.79 Å². The van der Waals surface area contributed by atoms with Crippen LogP contribution in [0, 0.1) is 0 Å². The molecule has 0 heterocycles. The van der Waals surface area contributed by atoms with Crippen molar-refractivity contribution < 1.29 is 14.3 Å². The van der Waals surface area contributed by atoms with Crippen LogP contribution < -0.4 is 21.2 Å². The highest BCUT2D eigenvalue weighted by atomic mass is 31.2. The zero-order chi connectivity index (χ0) is 25.2. The number of esters is 1. The van der Waals surface area contributed by atoms with Crippen molar-refractivity contribution in [3.05, 3.63) is 140 Å². The predicted octanol–water partition coefficient (Wildman–Crippen LogP) is 4.51. The van der Waals surface area contributed by atoms with Crippen molar-refractivity contribution in [2.45, 2.75) is 6.04 Å². The smallest absolute Gasteiger partial charge is 0.332 e. The fraction of sp³-hybridized carbons (Fsp3) is 0.0968. The van der Waals surface area contributed by atoms with Gasteiger partial charge in [-0.15, -0.1) is 0 Å². The van der Waals surface area contributed by atoms with Crippen LogP contribution in [0.3, 0.4) is 0 Å². The molecule has 1 amide bonds. The van der Waals surface area contributed by atoms with Crippen LogP contribution in [0.4, 0.5) is 0 Å². The van der Waals surface area contributed by atoms with Crippen molar-refractivity contribution in [1.29, 1.82) is 0 Å². The van der Waals surface area contributed by atoms with Gasteiger partial charge in [-0.2, -0.15) is 0 Å². The second-order valence-corrected chi connectivity index (χ2v) is 11.8. The summed E-state index contributed by atoms with van der Waals surface area (Å²) >= 11 is 0. The summed E-state index contributed by atoms with van der Waals surface area (Å²) in [6, 6.07) is 38.8. The van der Waals surface area contributed by atoms with Crippen LogP contribution in [0.1, 0.15) is 10.4 Å². The molecule has 0 fully saturated rings. The molecule has 4 aromatic carbocycles. The summed E-state index contributed by atoms with van der Waals surface area (Å²) in [4.78, 5) is 26.6. The third kappa shape index (κ3) is 5.62. The molecular formula is C31H29NO3P+. The average molecular weight is 495 g/mol. The summed E-state index contributed by atoms with van der Waals surface area (Å²) in [6.07, 6.45) is 1.90. The minimum absolute atomic E-state index is 0.0734. The van der Waals surface area contributed by atoms with Crippen LogP contribution in [0.25, 0.3) is 0 Å². The Morgan fingerprint density at radius 3 is 1.56 bits per heavy atom. The zero-order valence-electron chi connectivity index (χ0n) is 20.0. The van der Waals surface area contributed by atoms with Gasteiger partial charge in [0.25, 0.3) is 5.91 Å². The van der Waals surface area contributed by atoms with Crippen molar-refractivity contribution >= 4 is 35.1 Å². The van der Waals surface area contributed by atoms with Gasteiger partial charge < -0.3 is 10.1 Å². The molecule has 0 aliphatic rings. The molecule has 4 aromatic rings. The molecule has 0 saturated heterocycles. The lowest BCUT2D eigenvalue weighted by molar-refractivity contribution is -0.144. The van der Waals surface area contributed by atoms with E-state index in [1.54, 1.807) is 24.3 Å². The number of nitrogens with one attached hydrogen (secondary N) is 1. The first kappa shape index (κ1) is 25.1.